The number of morpholine rings is 1. The van der Waals surface area contributed by atoms with Crippen molar-refractivity contribution < 1.29 is 23.7 Å². The van der Waals surface area contributed by atoms with Gasteiger partial charge in [-0.2, -0.15) is 0 Å². The number of fused-ring (bicyclic) bond motifs is 1. The summed E-state index contributed by atoms with van der Waals surface area (Å²) in [6.45, 7) is 7.40. The number of carbonyl (C=O) groups is 1. The highest BCUT2D eigenvalue weighted by Gasteiger charge is 2.21. The van der Waals surface area contributed by atoms with Crippen LogP contribution in [0.25, 0.3) is 11.2 Å². The number of imidazole rings is 1. The Kier molecular flexibility index (Phi) is 10.2. The van der Waals surface area contributed by atoms with Gasteiger partial charge in [0, 0.05) is 55.8 Å². The van der Waals surface area contributed by atoms with Crippen molar-refractivity contribution in [1.29, 1.82) is 0 Å². The van der Waals surface area contributed by atoms with Gasteiger partial charge in [-0.3, -0.25) is 0 Å². The molecule has 2 aromatic carbocycles. The molecule has 1 fully saturated rings. The van der Waals surface area contributed by atoms with Crippen molar-refractivity contribution in [3.63, 3.8) is 0 Å². The number of benzene rings is 2. The number of nitrogen functional groups attached to an aromatic ring is 1. The molecule has 3 heterocycles. The Morgan fingerprint density at radius 3 is 2.80 bits per heavy atom. The van der Waals surface area contributed by atoms with Gasteiger partial charge >= 0.3 is 6.03 Å². The van der Waals surface area contributed by atoms with Crippen LogP contribution in [0.1, 0.15) is 25.0 Å². The summed E-state index contributed by atoms with van der Waals surface area (Å²) in [5.41, 5.74) is 11.4. The van der Waals surface area contributed by atoms with E-state index in [1.165, 1.54) is 10.9 Å². The van der Waals surface area contributed by atoms with Gasteiger partial charge in [-0.1, -0.05) is 11.6 Å². The second-order valence-corrected chi connectivity index (χ2v) is 11.6. The lowest BCUT2D eigenvalue weighted by Crippen LogP contribution is -2.41. The summed E-state index contributed by atoms with van der Waals surface area (Å²) in [5.74, 6) is 1.40. The zero-order valence-electron chi connectivity index (χ0n) is 26.2. The van der Waals surface area contributed by atoms with Gasteiger partial charge in [0.25, 0.3) is 0 Å². The average Bonchev–Trinajstić information content (AvgIpc) is 3.44. The molecular formula is C32H40ClN7O5. The number of aromatic nitrogens is 3. The zero-order chi connectivity index (χ0) is 32.1. The van der Waals surface area contributed by atoms with Crippen LogP contribution in [-0.2, 0) is 22.6 Å². The number of anilines is 3. The minimum absolute atomic E-state index is 0.166. The third-order valence-electron chi connectivity index (χ3n) is 7.60. The third kappa shape index (κ3) is 7.70. The Morgan fingerprint density at radius 2 is 2.04 bits per heavy atom. The maximum atomic E-state index is 13.3. The molecule has 0 aliphatic carbocycles. The number of halogens is 1. The summed E-state index contributed by atoms with van der Waals surface area (Å²) in [7, 11) is 5.14. The maximum Gasteiger partial charge on any atom is 0.328 e. The lowest BCUT2D eigenvalue weighted by molar-refractivity contribution is 0.0532. The largest absolute Gasteiger partial charge is 0.497 e. The number of rotatable bonds is 11. The van der Waals surface area contributed by atoms with E-state index in [0.29, 0.717) is 54.7 Å². The molecule has 2 aromatic heterocycles. The first-order chi connectivity index (χ1) is 21.6. The van der Waals surface area contributed by atoms with E-state index in [0.717, 1.165) is 35.6 Å². The molecule has 240 valence electrons. The van der Waals surface area contributed by atoms with Crippen LogP contribution in [0.2, 0.25) is 5.15 Å². The van der Waals surface area contributed by atoms with Crippen molar-refractivity contribution in [3.8, 4) is 11.5 Å². The molecule has 2 atom stereocenters. The van der Waals surface area contributed by atoms with Crippen molar-refractivity contribution in [2.75, 3.05) is 63.1 Å². The molecule has 1 amide bonds. The monoisotopic (exact) mass is 637 g/mol. The van der Waals surface area contributed by atoms with Crippen molar-refractivity contribution in [2.45, 2.75) is 39.1 Å². The zero-order valence-corrected chi connectivity index (χ0v) is 27.0. The summed E-state index contributed by atoms with van der Waals surface area (Å²) in [4.78, 5) is 26.5. The van der Waals surface area contributed by atoms with Gasteiger partial charge in [-0.25, -0.2) is 19.3 Å². The fourth-order valence-corrected chi connectivity index (χ4v) is 5.58. The molecule has 5 rings (SSSR count). The number of hydrogen-bond acceptors (Lipinski definition) is 10. The maximum absolute atomic E-state index is 13.3. The highest BCUT2D eigenvalue weighted by molar-refractivity contribution is 6.30. The van der Waals surface area contributed by atoms with Crippen molar-refractivity contribution >= 4 is 45.9 Å². The fourth-order valence-electron chi connectivity index (χ4n) is 5.40. The first-order valence-electron chi connectivity index (χ1n) is 14.8. The van der Waals surface area contributed by atoms with Gasteiger partial charge in [0.1, 0.15) is 28.5 Å². The van der Waals surface area contributed by atoms with Crippen LogP contribution in [0.15, 0.2) is 48.8 Å². The minimum atomic E-state index is -0.388. The molecule has 0 bridgehead atoms. The Morgan fingerprint density at radius 1 is 1.22 bits per heavy atom. The molecule has 0 spiro atoms. The number of methoxy groups -OCH3 is 2. The highest BCUT2D eigenvalue weighted by atomic mass is 35.5. The molecule has 13 heteroatoms. The molecule has 0 unspecified atom stereocenters. The number of carbonyl (C=O) groups excluding carboxylic acids is 1. The quantitative estimate of drug-likeness (QED) is 0.176. The average molecular weight is 638 g/mol. The van der Waals surface area contributed by atoms with Crippen LogP contribution in [0.3, 0.4) is 0 Å². The Bertz CT molecular complexity index is 1650. The van der Waals surface area contributed by atoms with Crippen LogP contribution in [0.5, 0.6) is 11.5 Å². The van der Waals surface area contributed by atoms with Gasteiger partial charge in [0.2, 0.25) is 0 Å². The minimum Gasteiger partial charge on any atom is -0.497 e. The molecule has 0 radical (unpaired) electrons. The lowest BCUT2D eigenvalue weighted by atomic mass is 10.1. The van der Waals surface area contributed by atoms with E-state index in [9.17, 15) is 4.79 Å². The van der Waals surface area contributed by atoms with Crippen LogP contribution in [0.4, 0.5) is 21.9 Å². The number of amides is 1. The smallest absolute Gasteiger partial charge is 0.328 e. The number of nitrogens with zero attached hydrogens (tertiary/aromatic N) is 5. The molecule has 12 nitrogen and oxygen atoms in total. The molecule has 1 aliphatic rings. The first kappa shape index (κ1) is 32.1. The SMILES string of the molecule is COc1ccc(CN(C)c2cc(Cl)nc3c2ncn3C(=O)N[C@H](C)COCc2cc(N)cc(N3CCO[C@H](C)C3)c2)c(OC)c1. The van der Waals surface area contributed by atoms with Crippen LogP contribution >= 0.6 is 11.6 Å². The first-order valence-corrected chi connectivity index (χ1v) is 15.1. The summed E-state index contributed by atoms with van der Waals surface area (Å²) in [5, 5.41) is 3.20. The summed E-state index contributed by atoms with van der Waals surface area (Å²) in [6, 6.07) is 12.7. The van der Waals surface area contributed by atoms with Crippen molar-refractivity contribution in [1.82, 2.24) is 19.9 Å². The molecule has 45 heavy (non-hydrogen) atoms. The van der Waals surface area contributed by atoms with Crippen LogP contribution in [-0.4, -0.2) is 80.3 Å². The van der Waals surface area contributed by atoms with E-state index >= 15 is 0 Å². The second kappa shape index (κ2) is 14.2. The van der Waals surface area contributed by atoms with Crippen LogP contribution in [0, 0.1) is 0 Å². The van der Waals surface area contributed by atoms with Gasteiger partial charge < -0.3 is 39.8 Å². The highest BCUT2D eigenvalue weighted by Crippen LogP contribution is 2.31. The van der Waals surface area contributed by atoms with Gasteiger partial charge in [0.15, 0.2) is 5.65 Å². The number of nitrogens with one attached hydrogen (secondary N) is 1. The Labute approximate surface area is 268 Å². The van der Waals surface area contributed by atoms with E-state index in [-0.39, 0.29) is 23.3 Å². The van der Waals surface area contributed by atoms with Gasteiger partial charge in [-0.15, -0.1) is 0 Å². The summed E-state index contributed by atoms with van der Waals surface area (Å²) in [6.07, 6.45) is 1.61. The normalized spacial score (nSPS) is 15.6. The van der Waals surface area contributed by atoms with Crippen molar-refractivity contribution in [2.24, 2.45) is 0 Å². The summed E-state index contributed by atoms with van der Waals surface area (Å²) >= 11 is 6.42. The Balaban J connectivity index is 1.22. The molecule has 1 aliphatic heterocycles. The molecule has 0 saturated carbocycles. The molecule has 1 saturated heterocycles. The number of pyridine rings is 1. The summed E-state index contributed by atoms with van der Waals surface area (Å²) < 4.78 is 23.9. The predicted molar refractivity (Wildman–Crippen MR) is 176 cm³/mol. The Hall–Kier alpha value is -4.26. The van der Waals surface area contributed by atoms with E-state index in [2.05, 4.69) is 33.2 Å². The molecule has 3 N–H and O–H groups in total. The lowest BCUT2D eigenvalue weighted by Gasteiger charge is -2.33. The fraction of sp³-hybridized carbons (Fsp3) is 0.406. The second-order valence-electron chi connectivity index (χ2n) is 11.2. The predicted octanol–water partition coefficient (Wildman–Crippen LogP) is 4.71. The topological polar surface area (TPSA) is 129 Å². The van der Waals surface area contributed by atoms with Crippen molar-refractivity contribution in [3.05, 3.63) is 65.1 Å². The van der Waals surface area contributed by atoms with E-state index in [1.807, 2.05) is 49.2 Å². The van der Waals surface area contributed by atoms with Crippen LogP contribution < -0.4 is 30.3 Å². The molecule has 4 aromatic rings. The molecular weight excluding hydrogens is 598 g/mol. The van der Waals surface area contributed by atoms with Gasteiger partial charge in [0.05, 0.1) is 51.9 Å². The number of hydrogen-bond donors (Lipinski definition) is 2. The third-order valence-corrected chi connectivity index (χ3v) is 7.79. The van der Waals surface area contributed by atoms with E-state index in [1.54, 1.807) is 20.3 Å². The van der Waals surface area contributed by atoms with E-state index in [4.69, 9.17) is 36.3 Å². The van der Waals surface area contributed by atoms with Gasteiger partial charge in [-0.05, 0) is 49.7 Å². The standard InChI is InChI=1S/C32H40ClN7O5/c1-20(17-44-18-22-10-24(34)12-25(11-22)39-8-9-45-21(2)15-39)36-32(41)40-19-35-30-27(14-29(33)37-31(30)40)38(3)16-23-6-7-26(42-4)13-28(23)43-5/h6-7,10-14,19-21H,8-9,15-18,34H2,1-5H3,(H,36,41)/t20-,21-/m1/s1. The number of ether oxygens (including phenoxy) is 4. The van der Waals surface area contributed by atoms with E-state index < -0.39 is 0 Å². The number of nitrogens with two attached hydrogens (primary N) is 1.